The van der Waals surface area contributed by atoms with Crippen LogP contribution in [-0.4, -0.2) is 35.8 Å². The monoisotopic (exact) mass is 252 g/mol. The number of hydrogen-bond acceptors (Lipinski definition) is 5. The van der Waals surface area contributed by atoms with Gasteiger partial charge < -0.3 is 15.4 Å². The molecule has 1 rings (SSSR count). The maximum absolute atomic E-state index is 5.21. The van der Waals surface area contributed by atoms with Crippen molar-refractivity contribution >= 4 is 11.6 Å². The molecule has 1 aromatic rings. The van der Waals surface area contributed by atoms with Crippen LogP contribution in [0.2, 0.25) is 0 Å². The molecule has 0 fully saturated rings. The number of nitrogens with one attached hydrogen (secondary N) is 2. The molecule has 102 valence electrons. The number of nitrogens with zero attached hydrogens (tertiary/aromatic N) is 2. The zero-order chi connectivity index (χ0) is 13.6. The fourth-order valence-electron chi connectivity index (χ4n) is 1.89. The van der Waals surface area contributed by atoms with Crippen LogP contribution in [0.5, 0.6) is 0 Å². The fraction of sp³-hybridized carbons (Fsp3) is 0.692. The quantitative estimate of drug-likeness (QED) is 0.780. The molecule has 0 aliphatic rings. The Bertz CT molecular complexity index is 379. The first-order chi connectivity index (χ1) is 8.54. The first-order valence-corrected chi connectivity index (χ1v) is 6.39. The summed E-state index contributed by atoms with van der Waals surface area (Å²) in [5.74, 6) is 1.79. The zero-order valence-electron chi connectivity index (χ0n) is 12.0. The van der Waals surface area contributed by atoms with E-state index in [2.05, 4.69) is 48.3 Å². The third-order valence-corrected chi connectivity index (χ3v) is 2.61. The van der Waals surface area contributed by atoms with E-state index < -0.39 is 0 Å². The second-order valence-corrected chi connectivity index (χ2v) is 4.88. The normalized spacial score (nSPS) is 11.4. The van der Waals surface area contributed by atoms with E-state index in [1.165, 1.54) is 0 Å². The van der Waals surface area contributed by atoms with Gasteiger partial charge in [0.15, 0.2) is 0 Å². The molecule has 0 unspecified atom stereocenters. The van der Waals surface area contributed by atoms with E-state index in [4.69, 9.17) is 4.74 Å². The lowest BCUT2D eigenvalue weighted by atomic mass is 10.1. The highest BCUT2D eigenvalue weighted by Gasteiger charge is 2.20. The summed E-state index contributed by atoms with van der Waals surface area (Å²) in [6.07, 6.45) is 2.47. The minimum atomic E-state index is -0.156. The number of ether oxygens (including phenoxy) is 1. The van der Waals surface area contributed by atoms with E-state index in [1.54, 1.807) is 13.4 Å². The highest BCUT2D eigenvalue weighted by atomic mass is 16.5. The van der Waals surface area contributed by atoms with Crippen molar-refractivity contribution in [2.45, 2.75) is 39.7 Å². The van der Waals surface area contributed by atoms with Crippen molar-refractivity contribution in [2.24, 2.45) is 0 Å². The average molecular weight is 252 g/mol. The lowest BCUT2D eigenvalue weighted by molar-refractivity contribution is 0.158. The van der Waals surface area contributed by atoms with E-state index in [0.717, 1.165) is 30.2 Å². The van der Waals surface area contributed by atoms with Crippen molar-refractivity contribution < 1.29 is 4.74 Å². The van der Waals surface area contributed by atoms with Crippen LogP contribution >= 0.6 is 0 Å². The molecule has 1 aromatic heterocycles. The van der Waals surface area contributed by atoms with Gasteiger partial charge >= 0.3 is 0 Å². The molecule has 0 bridgehead atoms. The summed E-state index contributed by atoms with van der Waals surface area (Å²) in [6.45, 7) is 9.81. The minimum absolute atomic E-state index is 0.156. The predicted octanol–water partition coefficient (Wildman–Crippen LogP) is 2.31. The number of methoxy groups -OCH3 is 1. The molecule has 0 saturated carbocycles. The van der Waals surface area contributed by atoms with Crippen LogP contribution in [0.25, 0.3) is 0 Å². The van der Waals surface area contributed by atoms with Crippen LogP contribution in [-0.2, 0) is 11.2 Å². The number of aromatic nitrogens is 2. The number of hydrogen-bond donors (Lipinski definition) is 2. The van der Waals surface area contributed by atoms with Gasteiger partial charge in [-0.15, -0.1) is 0 Å². The second-order valence-electron chi connectivity index (χ2n) is 4.88. The maximum Gasteiger partial charge on any atom is 0.135 e. The summed E-state index contributed by atoms with van der Waals surface area (Å²) >= 11 is 0. The molecule has 0 aromatic carbocycles. The molecular weight excluding hydrogens is 228 g/mol. The molecule has 0 atom stereocenters. The molecule has 5 nitrogen and oxygen atoms in total. The van der Waals surface area contributed by atoms with Gasteiger partial charge in [0.05, 0.1) is 12.1 Å². The average Bonchev–Trinajstić information content (AvgIpc) is 2.29. The second kappa shape index (κ2) is 6.54. The van der Waals surface area contributed by atoms with E-state index >= 15 is 0 Å². The SMILES string of the molecule is CCNc1ncnc(NC(C)(C)COC)c1CC. The van der Waals surface area contributed by atoms with Crippen LogP contribution in [0, 0.1) is 0 Å². The highest BCUT2D eigenvalue weighted by Crippen LogP contribution is 2.23. The van der Waals surface area contributed by atoms with Gasteiger partial charge in [-0.3, -0.25) is 0 Å². The topological polar surface area (TPSA) is 59.1 Å². The third-order valence-electron chi connectivity index (χ3n) is 2.61. The molecule has 1 heterocycles. The van der Waals surface area contributed by atoms with Crippen LogP contribution in [0.3, 0.4) is 0 Å². The Morgan fingerprint density at radius 1 is 1.22 bits per heavy atom. The molecule has 0 aliphatic heterocycles. The standard InChI is InChI=1S/C13H24N4O/c1-6-10-11(14-7-2)15-9-16-12(10)17-13(3,4)8-18-5/h9H,6-8H2,1-5H3,(H2,14,15,16,17). The van der Waals surface area contributed by atoms with Crippen molar-refractivity contribution in [2.75, 3.05) is 30.9 Å². The van der Waals surface area contributed by atoms with Gasteiger partial charge in [0, 0.05) is 19.2 Å². The predicted molar refractivity (Wildman–Crippen MR) is 75.2 cm³/mol. The van der Waals surface area contributed by atoms with Gasteiger partial charge in [-0.1, -0.05) is 6.92 Å². The van der Waals surface area contributed by atoms with Crippen LogP contribution in [0.1, 0.15) is 33.3 Å². The molecule has 2 N–H and O–H groups in total. The van der Waals surface area contributed by atoms with Gasteiger partial charge in [0.25, 0.3) is 0 Å². The molecule has 5 heteroatoms. The molecule has 0 spiro atoms. The van der Waals surface area contributed by atoms with Crippen molar-refractivity contribution in [1.82, 2.24) is 9.97 Å². The summed E-state index contributed by atoms with van der Waals surface area (Å²) in [5.41, 5.74) is 0.958. The summed E-state index contributed by atoms with van der Waals surface area (Å²) in [6, 6.07) is 0. The van der Waals surface area contributed by atoms with Gasteiger partial charge in [-0.25, -0.2) is 9.97 Å². The van der Waals surface area contributed by atoms with Crippen molar-refractivity contribution in [1.29, 1.82) is 0 Å². The molecule has 18 heavy (non-hydrogen) atoms. The van der Waals surface area contributed by atoms with Crippen LogP contribution in [0.15, 0.2) is 6.33 Å². The van der Waals surface area contributed by atoms with E-state index in [9.17, 15) is 0 Å². The van der Waals surface area contributed by atoms with Gasteiger partial charge in [-0.2, -0.15) is 0 Å². The van der Waals surface area contributed by atoms with Crippen molar-refractivity contribution in [3.63, 3.8) is 0 Å². The fourth-order valence-corrected chi connectivity index (χ4v) is 1.89. The van der Waals surface area contributed by atoms with Gasteiger partial charge in [0.2, 0.25) is 0 Å². The first-order valence-electron chi connectivity index (χ1n) is 6.39. The smallest absolute Gasteiger partial charge is 0.135 e. The van der Waals surface area contributed by atoms with Gasteiger partial charge in [0.1, 0.15) is 18.0 Å². The van der Waals surface area contributed by atoms with Crippen molar-refractivity contribution in [3.05, 3.63) is 11.9 Å². The Labute approximate surface area is 109 Å². The minimum Gasteiger partial charge on any atom is -0.382 e. The van der Waals surface area contributed by atoms with Crippen LogP contribution < -0.4 is 10.6 Å². The molecular formula is C13H24N4O. The third kappa shape index (κ3) is 3.84. The summed E-state index contributed by atoms with van der Waals surface area (Å²) in [5, 5.41) is 6.68. The lowest BCUT2D eigenvalue weighted by Crippen LogP contribution is -2.36. The Morgan fingerprint density at radius 3 is 2.44 bits per heavy atom. The van der Waals surface area contributed by atoms with Crippen LogP contribution in [0.4, 0.5) is 11.6 Å². The zero-order valence-corrected chi connectivity index (χ0v) is 12.0. The molecule has 0 radical (unpaired) electrons. The molecule has 0 amide bonds. The largest absolute Gasteiger partial charge is 0.382 e. The van der Waals surface area contributed by atoms with E-state index in [1.807, 2.05) is 0 Å². The Kier molecular flexibility index (Phi) is 5.34. The van der Waals surface area contributed by atoms with Gasteiger partial charge in [-0.05, 0) is 27.2 Å². The van der Waals surface area contributed by atoms with Crippen molar-refractivity contribution in [3.8, 4) is 0 Å². The number of rotatable bonds is 7. The maximum atomic E-state index is 5.21. The summed E-state index contributed by atoms with van der Waals surface area (Å²) < 4.78 is 5.21. The Balaban J connectivity index is 2.97. The highest BCUT2D eigenvalue weighted by molar-refractivity contribution is 5.58. The first kappa shape index (κ1) is 14.7. The van der Waals surface area contributed by atoms with E-state index in [0.29, 0.717) is 6.61 Å². The Hall–Kier alpha value is -1.36. The van der Waals surface area contributed by atoms with E-state index in [-0.39, 0.29) is 5.54 Å². The summed E-state index contributed by atoms with van der Waals surface area (Å²) in [4.78, 5) is 8.62. The lowest BCUT2D eigenvalue weighted by Gasteiger charge is -2.27. The molecule has 0 aliphatic carbocycles. The Morgan fingerprint density at radius 2 is 1.89 bits per heavy atom. The number of anilines is 2. The molecule has 0 saturated heterocycles. The summed E-state index contributed by atoms with van der Waals surface area (Å²) in [7, 11) is 1.70.